The Balaban J connectivity index is 1.88. The number of ether oxygens (including phenoxy) is 3. The van der Waals surface area contributed by atoms with Crippen molar-refractivity contribution < 1.29 is 38.5 Å². The average Bonchev–Trinajstić information content (AvgIpc) is 2.87. The number of nitrogens with one attached hydrogen (secondary N) is 2. The van der Waals surface area contributed by atoms with Gasteiger partial charge in [0.15, 0.2) is 12.1 Å². The lowest BCUT2D eigenvalue weighted by atomic mass is 9.91. The molecule has 36 heavy (non-hydrogen) atoms. The number of hydrogen-bond acceptors (Lipinski definition) is 9. The number of aromatic hydroxyl groups is 1. The van der Waals surface area contributed by atoms with Crippen molar-refractivity contribution in [1.82, 2.24) is 10.3 Å². The van der Waals surface area contributed by atoms with E-state index in [0.717, 1.165) is 17.8 Å². The lowest BCUT2D eigenvalue weighted by Crippen LogP contribution is -2.47. The maximum atomic E-state index is 13.2. The van der Waals surface area contributed by atoms with Gasteiger partial charge in [-0.15, -0.1) is 0 Å². The van der Waals surface area contributed by atoms with Gasteiger partial charge in [0.05, 0.1) is 5.92 Å². The smallest absolute Gasteiger partial charge is 0.332 e. The van der Waals surface area contributed by atoms with Crippen molar-refractivity contribution in [3.05, 3.63) is 64.1 Å². The van der Waals surface area contributed by atoms with Crippen molar-refractivity contribution in [2.24, 2.45) is 11.8 Å². The normalized spacial score (nSPS) is 22.4. The zero-order valence-corrected chi connectivity index (χ0v) is 20.1. The number of amides is 1. The molecule has 2 heterocycles. The number of H-pyrrole nitrogens is 1. The first-order valence-electron chi connectivity index (χ1n) is 11.4. The summed E-state index contributed by atoms with van der Waals surface area (Å²) >= 11 is 0. The highest BCUT2D eigenvalue weighted by atomic mass is 16.6. The third-order valence-electron chi connectivity index (χ3n) is 5.60. The summed E-state index contributed by atoms with van der Waals surface area (Å²) in [4.78, 5) is 65.2. The third-order valence-corrected chi connectivity index (χ3v) is 5.60. The molecule has 11 nitrogen and oxygen atoms in total. The maximum absolute atomic E-state index is 13.2. The first kappa shape index (κ1) is 26.5. The van der Waals surface area contributed by atoms with E-state index in [-0.39, 0.29) is 12.2 Å². The molecule has 1 aromatic heterocycles. The van der Waals surface area contributed by atoms with Crippen molar-refractivity contribution in [1.29, 1.82) is 0 Å². The summed E-state index contributed by atoms with van der Waals surface area (Å²) in [6.07, 6.45) is -1.07. The fourth-order valence-electron chi connectivity index (χ4n) is 3.63. The number of pyridine rings is 1. The Labute approximate surface area is 206 Å². The molecular formula is C25H28N2O9. The monoisotopic (exact) mass is 500 g/mol. The Morgan fingerprint density at radius 2 is 1.86 bits per heavy atom. The molecule has 0 aliphatic carbocycles. The van der Waals surface area contributed by atoms with Crippen molar-refractivity contribution in [2.45, 2.75) is 45.4 Å². The van der Waals surface area contributed by atoms with Gasteiger partial charge in [-0.3, -0.25) is 19.2 Å². The van der Waals surface area contributed by atoms with Gasteiger partial charge < -0.3 is 29.6 Å². The number of carbonyl (C=O) groups is 4. The number of rotatable bonds is 6. The molecule has 1 aliphatic heterocycles. The molecule has 1 saturated heterocycles. The SMILES string of the molecule is CC(C)C(=O)OC1C(C)OC(=O)[C@@H](NC(=O)c2cc(O)c[nH]c2=O)COC(=O)[C@@H]1Cc1ccccc1. The van der Waals surface area contributed by atoms with Crippen LogP contribution in [-0.2, 0) is 35.0 Å². The Morgan fingerprint density at radius 1 is 1.17 bits per heavy atom. The molecule has 2 aromatic rings. The fraction of sp³-hybridized carbons (Fsp3) is 0.400. The maximum Gasteiger partial charge on any atom is 0.332 e. The highest BCUT2D eigenvalue weighted by Crippen LogP contribution is 2.24. The molecule has 0 bridgehead atoms. The summed E-state index contributed by atoms with van der Waals surface area (Å²) in [7, 11) is 0. The fourth-order valence-corrected chi connectivity index (χ4v) is 3.63. The van der Waals surface area contributed by atoms with Gasteiger partial charge in [0, 0.05) is 6.20 Å². The number of cyclic esters (lactones) is 2. The van der Waals surface area contributed by atoms with Crippen LogP contribution >= 0.6 is 0 Å². The van der Waals surface area contributed by atoms with Gasteiger partial charge in [-0.05, 0) is 25.0 Å². The molecule has 3 rings (SSSR count). The Bertz CT molecular complexity index is 1180. The lowest BCUT2D eigenvalue weighted by molar-refractivity contribution is -0.176. The van der Waals surface area contributed by atoms with E-state index in [4.69, 9.17) is 14.2 Å². The Kier molecular flexibility index (Phi) is 8.46. The van der Waals surface area contributed by atoms with E-state index in [1.165, 1.54) is 6.92 Å². The third kappa shape index (κ3) is 6.49. The molecule has 0 saturated carbocycles. The van der Waals surface area contributed by atoms with Crippen molar-refractivity contribution in [3.63, 3.8) is 0 Å². The van der Waals surface area contributed by atoms with Gasteiger partial charge in [-0.1, -0.05) is 44.2 Å². The van der Waals surface area contributed by atoms with Gasteiger partial charge in [0.2, 0.25) is 0 Å². The minimum Gasteiger partial charge on any atom is -0.506 e. The van der Waals surface area contributed by atoms with Crippen LogP contribution in [0.1, 0.15) is 36.7 Å². The number of aromatic amines is 1. The molecule has 0 radical (unpaired) electrons. The average molecular weight is 501 g/mol. The minimum absolute atomic E-state index is 0.146. The quantitative estimate of drug-likeness (QED) is 0.389. The van der Waals surface area contributed by atoms with E-state index >= 15 is 0 Å². The first-order valence-corrected chi connectivity index (χ1v) is 11.4. The van der Waals surface area contributed by atoms with Gasteiger partial charge >= 0.3 is 17.9 Å². The summed E-state index contributed by atoms with van der Waals surface area (Å²) in [6, 6.07) is 8.48. The van der Waals surface area contributed by atoms with Crippen LogP contribution in [0.5, 0.6) is 5.75 Å². The van der Waals surface area contributed by atoms with Crippen LogP contribution in [0.2, 0.25) is 0 Å². The van der Waals surface area contributed by atoms with E-state index < -0.39 is 71.6 Å². The zero-order chi connectivity index (χ0) is 26.4. The van der Waals surface area contributed by atoms with Gasteiger partial charge in [0.25, 0.3) is 11.5 Å². The molecule has 2 unspecified atom stereocenters. The van der Waals surface area contributed by atoms with Crippen molar-refractivity contribution >= 4 is 23.8 Å². The van der Waals surface area contributed by atoms with E-state index in [2.05, 4.69) is 10.3 Å². The number of benzene rings is 1. The van der Waals surface area contributed by atoms with Crippen molar-refractivity contribution in [2.75, 3.05) is 6.61 Å². The standard InChI is InChI=1S/C25H28N2O9/c1-13(2)23(31)36-20-14(3)35-25(33)19(27-22(30)18-10-16(28)11-26-21(18)29)12-34-24(32)17(20)9-15-7-5-4-6-8-15/h4-8,10-11,13-14,17,19-20,28H,9,12H2,1-3H3,(H,26,29)(H,27,30)/t14?,17-,19+,20?/m1/s1. The second kappa shape index (κ2) is 11.5. The van der Waals surface area contributed by atoms with Gasteiger partial charge in [0.1, 0.15) is 29.9 Å². The van der Waals surface area contributed by atoms with E-state index in [0.29, 0.717) is 0 Å². The molecule has 1 amide bonds. The number of hydrogen-bond donors (Lipinski definition) is 3. The van der Waals surface area contributed by atoms with E-state index in [1.807, 2.05) is 6.07 Å². The molecule has 1 aromatic carbocycles. The van der Waals surface area contributed by atoms with Crippen LogP contribution in [0.15, 0.2) is 47.4 Å². The topological polar surface area (TPSA) is 161 Å². The van der Waals surface area contributed by atoms with Gasteiger partial charge in [-0.25, -0.2) is 4.79 Å². The zero-order valence-electron chi connectivity index (χ0n) is 20.1. The number of carbonyl (C=O) groups excluding carboxylic acids is 4. The molecule has 1 fully saturated rings. The predicted octanol–water partition coefficient (Wildman–Crippen LogP) is 1.09. The molecule has 11 heteroatoms. The first-order chi connectivity index (χ1) is 17.1. The van der Waals surface area contributed by atoms with E-state index in [1.54, 1.807) is 38.1 Å². The number of aromatic nitrogens is 1. The molecule has 0 spiro atoms. The molecule has 1 aliphatic rings. The highest BCUT2D eigenvalue weighted by Gasteiger charge is 2.42. The van der Waals surface area contributed by atoms with E-state index in [9.17, 15) is 29.1 Å². The van der Waals surface area contributed by atoms with Crippen LogP contribution in [-0.4, -0.2) is 58.8 Å². The lowest BCUT2D eigenvalue weighted by Gasteiger charge is -2.29. The summed E-state index contributed by atoms with van der Waals surface area (Å²) in [5.74, 6) is -5.13. The summed E-state index contributed by atoms with van der Waals surface area (Å²) in [5.41, 5.74) is -0.473. The largest absolute Gasteiger partial charge is 0.506 e. The highest BCUT2D eigenvalue weighted by molar-refractivity contribution is 5.97. The minimum atomic E-state index is -1.46. The molecule has 192 valence electrons. The van der Waals surface area contributed by atoms with Crippen LogP contribution < -0.4 is 10.9 Å². The second-order valence-corrected chi connectivity index (χ2v) is 8.75. The summed E-state index contributed by atoms with van der Waals surface area (Å²) in [6.45, 7) is 4.16. The predicted molar refractivity (Wildman–Crippen MR) is 125 cm³/mol. The van der Waals surface area contributed by atoms with Gasteiger partial charge in [-0.2, -0.15) is 0 Å². The Morgan fingerprint density at radius 3 is 2.53 bits per heavy atom. The van der Waals surface area contributed by atoms with Crippen LogP contribution in [0.3, 0.4) is 0 Å². The summed E-state index contributed by atoms with van der Waals surface area (Å²) in [5, 5.41) is 11.9. The van der Waals surface area contributed by atoms with Crippen LogP contribution in [0.4, 0.5) is 0 Å². The summed E-state index contributed by atoms with van der Waals surface area (Å²) < 4.78 is 16.4. The van der Waals surface area contributed by atoms with Crippen molar-refractivity contribution in [3.8, 4) is 5.75 Å². The molecule has 4 atom stereocenters. The molecule has 3 N–H and O–H groups in total. The second-order valence-electron chi connectivity index (χ2n) is 8.75. The Hall–Kier alpha value is -4.15. The molecular weight excluding hydrogens is 472 g/mol. The number of esters is 3. The van der Waals surface area contributed by atoms with Crippen LogP contribution in [0.25, 0.3) is 0 Å². The van der Waals surface area contributed by atoms with Crippen LogP contribution in [0, 0.1) is 11.8 Å².